The van der Waals surface area contributed by atoms with Crippen molar-refractivity contribution in [2.24, 2.45) is 52.3 Å². The van der Waals surface area contributed by atoms with E-state index in [9.17, 15) is 20.1 Å². The van der Waals surface area contributed by atoms with Crippen molar-refractivity contribution in [1.82, 2.24) is 0 Å². The van der Waals surface area contributed by atoms with Crippen molar-refractivity contribution in [1.29, 1.82) is 0 Å². The average Bonchev–Trinajstić information content (AvgIpc) is 3.07. The van der Waals surface area contributed by atoms with Gasteiger partial charge in [-0.25, -0.2) is 0 Å². The number of carboxylic acid groups (broad SMARTS) is 1. The molecule has 1 unspecified atom stereocenters. The van der Waals surface area contributed by atoms with E-state index in [0.717, 1.165) is 44.9 Å². The Morgan fingerprint density at radius 1 is 1.03 bits per heavy atom. The maximum absolute atomic E-state index is 11.7. The number of rotatable bonds is 5. The molecule has 0 saturated heterocycles. The van der Waals surface area contributed by atoms with Crippen molar-refractivity contribution < 1.29 is 25.2 Å². The molecule has 4 fully saturated rings. The van der Waals surface area contributed by atoms with Crippen LogP contribution in [0.5, 0.6) is 0 Å². The van der Waals surface area contributed by atoms with Crippen molar-refractivity contribution in [2.45, 2.75) is 104 Å². The van der Waals surface area contributed by atoms with E-state index in [2.05, 4.69) is 27.7 Å². The number of aliphatic hydroxyl groups excluding tert-OH is 3. The van der Waals surface area contributed by atoms with Crippen LogP contribution in [0.1, 0.15) is 85.5 Å². The van der Waals surface area contributed by atoms with Crippen LogP contribution in [0, 0.1) is 52.3 Å². The number of hydrogen-bond acceptors (Lipinski definition) is 4. The van der Waals surface area contributed by atoms with Crippen LogP contribution in [-0.4, -0.2) is 44.7 Å². The lowest BCUT2D eigenvalue weighted by Crippen LogP contribution is -2.65. The third-order valence-corrected chi connectivity index (χ3v) is 11.1. The third kappa shape index (κ3) is 3.49. The Bertz CT molecular complexity index is 681. The van der Waals surface area contributed by atoms with Gasteiger partial charge in [-0.05, 0) is 97.2 Å². The van der Waals surface area contributed by atoms with Crippen molar-refractivity contribution in [2.75, 3.05) is 0 Å². The molecule has 0 radical (unpaired) electrons. The Labute approximate surface area is 187 Å². The zero-order valence-corrected chi connectivity index (χ0v) is 19.8. The summed E-state index contributed by atoms with van der Waals surface area (Å²) in [5.41, 5.74) is -0.186. The molecule has 5 nitrogen and oxygen atoms in total. The van der Waals surface area contributed by atoms with Crippen molar-refractivity contribution in [3.8, 4) is 0 Å². The standard InChI is InChI=1S/C26H44O5/c1-5-16-19-12-15(27)10-11-25(19,3)20-13-21(28)26(4)17(14(2)6-9-22(29)30)7-8-18(26)23(20)24(16)31/h14-21,23-24,27-28,31H,5-13H2,1-4H3,(H,29,30)/t14-,15-,16?,17-,18+,19+,20+,21+,23+,24-,25+,26-/m1/s1. The molecule has 31 heavy (non-hydrogen) atoms. The minimum Gasteiger partial charge on any atom is -0.481 e. The summed E-state index contributed by atoms with van der Waals surface area (Å²) in [6.07, 6.45) is 6.09. The summed E-state index contributed by atoms with van der Waals surface area (Å²) in [5.74, 6) is 1.13. The van der Waals surface area contributed by atoms with Gasteiger partial charge in [0.05, 0.1) is 18.3 Å². The summed E-state index contributed by atoms with van der Waals surface area (Å²) >= 11 is 0. The Balaban J connectivity index is 1.66. The second-order valence-corrected chi connectivity index (χ2v) is 12.1. The van der Waals surface area contributed by atoms with E-state index in [0.29, 0.717) is 24.2 Å². The predicted molar refractivity (Wildman–Crippen MR) is 119 cm³/mol. The second-order valence-electron chi connectivity index (χ2n) is 12.1. The normalized spacial score (nSPS) is 52.7. The van der Waals surface area contributed by atoms with E-state index in [-0.39, 0.29) is 53.1 Å². The first-order chi connectivity index (χ1) is 14.6. The molecule has 4 rings (SSSR count). The smallest absolute Gasteiger partial charge is 0.303 e. The largest absolute Gasteiger partial charge is 0.481 e. The summed E-state index contributed by atoms with van der Waals surface area (Å²) in [6, 6.07) is 0. The summed E-state index contributed by atoms with van der Waals surface area (Å²) in [5, 5.41) is 42.9. The second kappa shape index (κ2) is 8.29. The first-order valence-corrected chi connectivity index (χ1v) is 12.8. The Morgan fingerprint density at radius 3 is 2.39 bits per heavy atom. The minimum absolute atomic E-state index is 0.0686. The number of aliphatic carboxylic acids is 1. The predicted octanol–water partition coefficient (Wildman–Crippen LogP) is 4.08. The van der Waals surface area contributed by atoms with E-state index < -0.39 is 12.1 Å². The van der Waals surface area contributed by atoms with Gasteiger partial charge in [-0.3, -0.25) is 4.79 Å². The van der Waals surface area contributed by atoms with Gasteiger partial charge >= 0.3 is 5.97 Å². The summed E-state index contributed by atoms with van der Waals surface area (Å²) in [6.45, 7) is 8.96. The van der Waals surface area contributed by atoms with Gasteiger partial charge in [0, 0.05) is 6.42 Å². The summed E-state index contributed by atoms with van der Waals surface area (Å²) in [7, 11) is 0. The highest BCUT2D eigenvalue weighted by Gasteiger charge is 2.67. The molecule has 0 aromatic carbocycles. The van der Waals surface area contributed by atoms with E-state index >= 15 is 0 Å². The van der Waals surface area contributed by atoms with E-state index in [1.54, 1.807) is 0 Å². The van der Waals surface area contributed by atoms with Gasteiger partial charge in [0.15, 0.2) is 0 Å². The molecule has 0 heterocycles. The molecule has 4 N–H and O–H groups in total. The fourth-order valence-corrected chi connectivity index (χ4v) is 9.44. The van der Waals surface area contributed by atoms with E-state index in [4.69, 9.17) is 5.11 Å². The van der Waals surface area contributed by atoms with Gasteiger partial charge < -0.3 is 20.4 Å². The van der Waals surface area contributed by atoms with E-state index in [1.807, 2.05) is 0 Å². The van der Waals surface area contributed by atoms with Gasteiger partial charge in [-0.1, -0.05) is 34.1 Å². The van der Waals surface area contributed by atoms with Gasteiger partial charge in [-0.15, -0.1) is 0 Å². The van der Waals surface area contributed by atoms with Crippen LogP contribution in [0.4, 0.5) is 0 Å². The van der Waals surface area contributed by atoms with Crippen LogP contribution >= 0.6 is 0 Å². The number of carboxylic acids is 1. The molecule has 4 saturated carbocycles. The lowest BCUT2D eigenvalue weighted by atomic mass is 9.41. The maximum atomic E-state index is 11.7. The van der Waals surface area contributed by atoms with Gasteiger partial charge in [0.25, 0.3) is 0 Å². The zero-order valence-electron chi connectivity index (χ0n) is 19.8. The molecular weight excluding hydrogens is 392 g/mol. The average molecular weight is 437 g/mol. The molecule has 0 aromatic heterocycles. The molecule has 4 aliphatic rings. The van der Waals surface area contributed by atoms with Crippen molar-refractivity contribution in [3.63, 3.8) is 0 Å². The molecule has 0 aromatic rings. The number of hydrogen-bond donors (Lipinski definition) is 4. The first-order valence-electron chi connectivity index (χ1n) is 12.8. The molecule has 0 bridgehead atoms. The molecule has 0 aliphatic heterocycles. The van der Waals surface area contributed by atoms with Crippen LogP contribution in [0.3, 0.4) is 0 Å². The Hall–Kier alpha value is -0.650. The minimum atomic E-state index is -0.747. The van der Waals surface area contributed by atoms with Crippen LogP contribution in [0.2, 0.25) is 0 Å². The lowest BCUT2D eigenvalue weighted by molar-refractivity contribution is -0.228. The van der Waals surface area contributed by atoms with Gasteiger partial charge in [-0.2, -0.15) is 0 Å². The van der Waals surface area contributed by atoms with Crippen LogP contribution in [0.15, 0.2) is 0 Å². The Kier molecular flexibility index (Phi) is 6.28. The summed E-state index contributed by atoms with van der Waals surface area (Å²) < 4.78 is 0. The van der Waals surface area contributed by atoms with Crippen molar-refractivity contribution in [3.05, 3.63) is 0 Å². The zero-order chi connectivity index (χ0) is 22.7. The fraction of sp³-hybridized carbons (Fsp3) is 0.962. The monoisotopic (exact) mass is 436 g/mol. The quantitative estimate of drug-likeness (QED) is 0.520. The summed E-state index contributed by atoms with van der Waals surface area (Å²) in [4.78, 5) is 11.1. The number of carbonyl (C=O) groups is 1. The first kappa shape index (κ1) is 23.5. The topological polar surface area (TPSA) is 98.0 Å². The molecule has 12 atom stereocenters. The molecule has 0 spiro atoms. The molecule has 178 valence electrons. The highest BCUT2D eigenvalue weighted by atomic mass is 16.4. The lowest BCUT2D eigenvalue weighted by Gasteiger charge is -2.65. The molecule has 4 aliphatic carbocycles. The number of fused-ring (bicyclic) bond motifs is 5. The van der Waals surface area contributed by atoms with Crippen molar-refractivity contribution >= 4 is 5.97 Å². The molecular formula is C26H44O5. The van der Waals surface area contributed by atoms with Gasteiger partial charge in [0.2, 0.25) is 0 Å². The van der Waals surface area contributed by atoms with E-state index in [1.165, 1.54) is 0 Å². The number of aliphatic hydroxyl groups is 3. The highest BCUT2D eigenvalue weighted by molar-refractivity contribution is 5.66. The molecule has 5 heteroatoms. The van der Waals surface area contributed by atoms with Crippen LogP contribution in [-0.2, 0) is 4.79 Å². The maximum Gasteiger partial charge on any atom is 0.303 e. The highest BCUT2D eigenvalue weighted by Crippen LogP contribution is 2.69. The molecule has 0 amide bonds. The Morgan fingerprint density at radius 2 is 1.74 bits per heavy atom. The fourth-order valence-electron chi connectivity index (χ4n) is 9.44. The SMILES string of the molecule is CCC1[C@@H](O)[C@@H]2[C@H](C[C@H](O)[C@]3(C)[C@@H]([C@H](C)CCC(=O)O)CC[C@@H]23)[C@@]2(C)CC[C@@H](O)C[C@@H]12. The van der Waals surface area contributed by atoms with Crippen LogP contribution in [0.25, 0.3) is 0 Å². The van der Waals surface area contributed by atoms with Gasteiger partial charge in [0.1, 0.15) is 0 Å². The van der Waals surface area contributed by atoms with Crippen LogP contribution < -0.4 is 0 Å². The third-order valence-electron chi connectivity index (χ3n) is 11.1.